The highest BCUT2D eigenvalue weighted by molar-refractivity contribution is 6.30. The fourth-order valence-electron chi connectivity index (χ4n) is 1.88. The molecule has 5 heteroatoms. The predicted molar refractivity (Wildman–Crippen MR) is 83.6 cm³/mol. The van der Waals surface area contributed by atoms with Crippen LogP contribution >= 0.6 is 11.6 Å². The molecule has 21 heavy (non-hydrogen) atoms. The van der Waals surface area contributed by atoms with Crippen molar-refractivity contribution in [2.45, 2.75) is 19.6 Å². The van der Waals surface area contributed by atoms with Crippen LogP contribution in [-0.2, 0) is 6.54 Å². The lowest BCUT2D eigenvalue weighted by Crippen LogP contribution is -2.31. The lowest BCUT2D eigenvalue weighted by molar-refractivity contribution is 0.106. The first-order valence-corrected chi connectivity index (χ1v) is 7.19. The molecule has 2 rings (SSSR count). The van der Waals surface area contributed by atoms with Gasteiger partial charge in [-0.05, 0) is 42.3 Å². The Morgan fingerprint density at radius 3 is 3.00 bits per heavy atom. The Balaban J connectivity index is 1.70. The van der Waals surface area contributed by atoms with Gasteiger partial charge in [0.1, 0.15) is 18.5 Å². The standard InChI is InChI=1S/C16H19ClN2O2/c1-12-8-18-6-5-13(12)9-19-10-15(20)11-21-16-4-2-3-14(17)7-16/h2-8,15,19-20H,9-11H2,1H3. The van der Waals surface area contributed by atoms with Gasteiger partial charge in [-0.25, -0.2) is 0 Å². The molecule has 0 fully saturated rings. The monoisotopic (exact) mass is 306 g/mol. The molecule has 0 amide bonds. The van der Waals surface area contributed by atoms with E-state index < -0.39 is 6.10 Å². The number of rotatable bonds is 7. The van der Waals surface area contributed by atoms with Gasteiger partial charge in [-0.2, -0.15) is 0 Å². The highest BCUT2D eigenvalue weighted by atomic mass is 35.5. The molecule has 1 atom stereocenters. The molecular weight excluding hydrogens is 288 g/mol. The third-order valence-corrected chi connectivity index (χ3v) is 3.31. The van der Waals surface area contributed by atoms with Gasteiger partial charge in [0.15, 0.2) is 0 Å². The predicted octanol–water partition coefficient (Wildman–Crippen LogP) is 2.57. The summed E-state index contributed by atoms with van der Waals surface area (Å²) < 4.78 is 5.49. The molecule has 1 unspecified atom stereocenters. The number of aromatic nitrogens is 1. The zero-order chi connectivity index (χ0) is 15.1. The van der Waals surface area contributed by atoms with Crippen LogP contribution < -0.4 is 10.1 Å². The first-order valence-electron chi connectivity index (χ1n) is 6.82. The van der Waals surface area contributed by atoms with Crippen LogP contribution in [0.2, 0.25) is 5.02 Å². The van der Waals surface area contributed by atoms with Crippen molar-refractivity contribution in [2.75, 3.05) is 13.2 Å². The molecule has 0 radical (unpaired) electrons. The van der Waals surface area contributed by atoms with Gasteiger partial charge in [0.05, 0.1) is 0 Å². The molecule has 112 valence electrons. The number of nitrogens with zero attached hydrogens (tertiary/aromatic N) is 1. The van der Waals surface area contributed by atoms with Gasteiger partial charge in [-0.3, -0.25) is 4.98 Å². The van der Waals surface area contributed by atoms with E-state index >= 15 is 0 Å². The minimum Gasteiger partial charge on any atom is -0.491 e. The summed E-state index contributed by atoms with van der Waals surface area (Å²) in [5.41, 5.74) is 2.31. The van der Waals surface area contributed by atoms with Gasteiger partial charge in [-0.1, -0.05) is 17.7 Å². The molecule has 0 aliphatic rings. The fourth-order valence-corrected chi connectivity index (χ4v) is 2.06. The third-order valence-electron chi connectivity index (χ3n) is 3.07. The lowest BCUT2D eigenvalue weighted by atomic mass is 10.1. The van der Waals surface area contributed by atoms with E-state index in [1.165, 1.54) is 5.56 Å². The van der Waals surface area contributed by atoms with Crippen LogP contribution in [0.4, 0.5) is 0 Å². The minimum atomic E-state index is -0.578. The topological polar surface area (TPSA) is 54.4 Å². The summed E-state index contributed by atoms with van der Waals surface area (Å²) in [6, 6.07) is 9.10. The van der Waals surface area contributed by atoms with E-state index in [4.69, 9.17) is 16.3 Å². The van der Waals surface area contributed by atoms with Crippen molar-refractivity contribution < 1.29 is 9.84 Å². The van der Waals surface area contributed by atoms with E-state index in [-0.39, 0.29) is 6.61 Å². The van der Waals surface area contributed by atoms with Crippen molar-refractivity contribution in [2.24, 2.45) is 0 Å². The number of nitrogens with one attached hydrogen (secondary N) is 1. The maximum absolute atomic E-state index is 9.89. The van der Waals surface area contributed by atoms with Crippen molar-refractivity contribution in [3.05, 3.63) is 58.9 Å². The van der Waals surface area contributed by atoms with Gasteiger partial charge < -0.3 is 15.2 Å². The van der Waals surface area contributed by atoms with E-state index in [1.54, 1.807) is 18.3 Å². The first kappa shape index (κ1) is 15.8. The Morgan fingerprint density at radius 1 is 1.38 bits per heavy atom. The summed E-state index contributed by atoms with van der Waals surface area (Å²) >= 11 is 5.87. The van der Waals surface area contributed by atoms with Crippen LogP contribution in [-0.4, -0.2) is 29.3 Å². The molecular formula is C16H19ClN2O2. The number of ether oxygens (including phenoxy) is 1. The van der Waals surface area contributed by atoms with Gasteiger partial charge in [0.25, 0.3) is 0 Å². The molecule has 1 aromatic carbocycles. The highest BCUT2D eigenvalue weighted by Gasteiger charge is 2.06. The van der Waals surface area contributed by atoms with Crippen LogP contribution in [0.5, 0.6) is 5.75 Å². The van der Waals surface area contributed by atoms with Crippen LogP contribution in [0, 0.1) is 6.92 Å². The number of halogens is 1. The molecule has 2 aromatic rings. The second-order valence-corrected chi connectivity index (χ2v) is 5.29. The Hall–Kier alpha value is -1.62. The van der Waals surface area contributed by atoms with Crippen molar-refractivity contribution in [1.29, 1.82) is 0 Å². The van der Waals surface area contributed by atoms with E-state index in [1.807, 2.05) is 31.3 Å². The molecule has 0 saturated carbocycles. The summed E-state index contributed by atoms with van der Waals surface area (Å²) in [6.07, 6.45) is 3.02. The van der Waals surface area contributed by atoms with E-state index in [0.717, 1.165) is 5.56 Å². The number of hydrogen-bond donors (Lipinski definition) is 2. The molecule has 0 saturated heterocycles. The largest absolute Gasteiger partial charge is 0.491 e. The number of benzene rings is 1. The van der Waals surface area contributed by atoms with Crippen molar-refractivity contribution in [1.82, 2.24) is 10.3 Å². The van der Waals surface area contributed by atoms with Crippen molar-refractivity contribution in [3.8, 4) is 5.75 Å². The smallest absolute Gasteiger partial charge is 0.120 e. The van der Waals surface area contributed by atoms with Gasteiger partial charge in [0.2, 0.25) is 0 Å². The summed E-state index contributed by atoms with van der Waals surface area (Å²) in [5.74, 6) is 0.659. The third kappa shape index (κ3) is 5.34. The highest BCUT2D eigenvalue weighted by Crippen LogP contribution is 2.17. The second kappa shape index (κ2) is 7.98. The quantitative estimate of drug-likeness (QED) is 0.825. The van der Waals surface area contributed by atoms with E-state index in [0.29, 0.717) is 23.9 Å². The normalized spacial score (nSPS) is 12.1. The van der Waals surface area contributed by atoms with E-state index in [9.17, 15) is 5.11 Å². The SMILES string of the molecule is Cc1cnccc1CNCC(O)COc1cccc(Cl)c1. The number of hydrogen-bond acceptors (Lipinski definition) is 4. The molecule has 4 nitrogen and oxygen atoms in total. The Morgan fingerprint density at radius 2 is 2.24 bits per heavy atom. The summed E-state index contributed by atoms with van der Waals surface area (Å²) in [5, 5.41) is 13.7. The average molecular weight is 307 g/mol. The van der Waals surface area contributed by atoms with E-state index in [2.05, 4.69) is 10.3 Å². The van der Waals surface area contributed by atoms with Crippen LogP contribution in [0.15, 0.2) is 42.7 Å². The maximum Gasteiger partial charge on any atom is 0.120 e. The average Bonchev–Trinajstić information content (AvgIpc) is 2.47. The van der Waals surface area contributed by atoms with Crippen LogP contribution in [0.3, 0.4) is 0 Å². The minimum absolute atomic E-state index is 0.225. The van der Waals surface area contributed by atoms with Crippen LogP contribution in [0.25, 0.3) is 0 Å². The Labute approximate surface area is 129 Å². The fraction of sp³-hybridized carbons (Fsp3) is 0.312. The Bertz CT molecular complexity index is 578. The van der Waals surface area contributed by atoms with Crippen LogP contribution in [0.1, 0.15) is 11.1 Å². The van der Waals surface area contributed by atoms with Gasteiger partial charge >= 0.3 is 0 Å². The molecule has 0 aliphatic heterocycles. The number of aliphatic hydroxyl groups excluding tert-OH is 1. The summed E-state index contributed by atoms with van der Waals surface area (Å²) in [7, 11) is 0. The maximum atomic E-state index is 9.89. The van der Waals surface area contributed by atoms with Gasteiger partial charge in [0, 0.05) is 30.5 Å². The zero-order valence-electron chi connectivity index (χ0n) is 11.9. The lowest BCUT2D eigenvalue weighted by Gasteiger charge is -2.14. The number of aliphatic hydroxyl groups is 1. The number of aryl methyl sites for hydroxylation is 1. The summed E-state index contributed by atoms with van der Waals surface area (Å²) in [4.78, 5) is 4.05. The summed E-state index contributed by atoms with van der Waals surface area (Å²) in [6.45, 7) is 3.40. The molecule has 0 aliphatic carbocycles. The molecule has 1 aromatic heterocycles. The van der Waals surface area contributed by atoms with Gasteiger partial charge in [-0.15, -0.1) is 0 Å². The van der Waals surface area contributed by atoms with Crippen molar-refractivity contribution >= 4 is 11.6 Å². The zero-order valence-corrected chi connectivity index (χ0v) is 12.7. The Kier molecular flexibility index (Phi) is 5.99. The first-order chi connectivity index (χ1) is 10.1. The molecule has 1 heterocycles. The second-order valence-electron chi connectivity index (χ2n) is 4.86. The van der Waals surface area contributed by atoms with Crippen molar-refractivity contribution in [3.63, 3.8) is 0 Å². The molecule has 0 spiro atoms. The number of pyridine rings is 1. The molecule has 0 bridgehead atoms. The molecule has 2 N–H and O–H groups in total.